The van der Waals surface area contributed by atoms with Gasteiger partial charge in [0.2, 0.25) is 0 Å². The Balaban J connectivity index is 1.49. The second-order valence-electron chi connectivity index (χ2n) is 5.17. The van der Waals surface area contributed by atoms with Gasteiger partial charge in [-0.3, -0.25) is 4.79 Å². The molecule has 0 unspecified atom stereocenters. The Morgan fingerprint density at radius 2 is 1.96 bits per heavy atom. The van der Waals surface area contributed by atoms with Gasteiger partial charge in [-0.15, -0.1) is 0 Å². The Bertz CT molecular complexity index is 784. The summed E-state index contributed by atoms with van der Waals surface area (Å²) in [7, 11) is 0. The minimum Gasteiger partial charge on any atom is -0.459 e. The van der Waals surface area contributed by atoms with E-state index in [-0.39, 0.29) is 11.7 Å². The minimum atomic E-state index is -0.301. The Labute approximate surface area is 144 Å². The van der Waals surface area contributed by atoms with Gasteiger partial charge in [0.15, 0.2) is 5.76 Å². The van der Waals surface area contributed by atoms with E-state index in [0.29, 0.717) is 5.69 Å². The number of furan rings is 1. The van der Waals surface area contributed by atoms with Gasteiger partial charge in [0, 0.05) is 11.6 Å². The van der Waals surface area contributed by atoms with Crippen LogP contribution in [0.5, 0.6) is 0 Å². The summed E-state index contributed by atoms with van der Waals surface area (Å²) in [5, 5.41) is 6.70. The van der Waals surface area contributed by atoms with Crippen molar-refractivity contribution in [1.82, 2.24) is 4.98 Å². The first-order valence-electron chi connectivity index (χ1n) is 7.50. The fourth-order valence-electron chi connectivity index (χ4n) is 2.16. The van der Waals surface area contributed by atoms with Crippen LogP contribution < -0.4 is 10.6 Å². The van der Waals surface area contributed by atoms with Crippen LogP contribution in [0.2, 0.25) is 5.02 Å². The minimum absolute atomic E-state index is 0.264. The Hall–Kier alpha value is -2.79. The van der Waals surface area contributed by atoms with Gasteiger partial charge in [0.1, 0.15) is 5.82 Å². The van der Waals surface area contributed by atoms with Gasteiger partial charge < -0.3 is 15.1 Å². The van der Waals surface area contributed by atoms with Gasteiger partial charge in [-0.2, -0.15) is 0 Å². The molecule has 6 heteroatoms. The number of amides is 1. The third-order valence-corrected chi connectivity index (χ3v) is 3.65. The number of carbonyl (C=O) groups is 1. The van der Waals surface area contributed by atoms with Gasteiger partial charge in [-0.25, -0.2) is 4.98 Å². The predicted octanol–water partition coefficient (Wildman–Crippen LogP) is 4.23. The van der Waals surface area contributed by atoms with Crippen LogP contribution in [-0.2, 0) is 6.42 Å². The van der Waals surface area contributed by atoms with E-state index in [0.717, 1.165) is 23.8 Å². The van der Waals surface area contributed by atoms with Crippen molar-refractivity contribution >= 4 is 29.0 Å². The Kier molecular flexibility index (Phi) is 5.13. The molecule has 3 rings (SSSR count). The van der Waals surface area contributed by atoms with Crippen molar-refractivity contribution in [2.75, 3.05) is 17.2 Å². The van der Waals surface area contributed by atoms with Crippen LogP contribution in [0.15, 0.2) is 65.4 Å². The number of halogens is 1. The largest absolute Gasteiger partial charge is 0.459 e. The Morgan fingerprint density at radius 1 is 1.12 bits per heavy atom. The van der Waals surface area contributed by atoms with Crippen molar-refractivity contribution in [3.8, 4) is 0 Å². The Morgan fingerprint density at radius 3 is 2.62 bits per heavy atom. The van der Waals surface area contributed by atoms with Crippen LogP contribution in [-0.4, -0.2) is 17.4 Å². The molecule has 2 N–H and O–H groups in total. The third kappa shape index (κ3) is 4.36. The summed E-state index contributed by atoms with van der Waals surface area (Å²) >= 11 is 5.86. The lowest BCUT2D eigenvalue weighted by molar-refractivity contribution is 0.0996. The topological polar surface area (TPSA) is 67.2 Å². The van der Waals surface area contributed by atoms with Crippen molar-refractivity contribution in [1.29, 1.82) is 0 Å². The van der Waals surface area contributed by atoms with Crippen molar-refractivity contribution in [2.45, 2.75) is 6.42 Å². The molecule has 5 nitrogen and oxygen atoms in total. The van der Waals surface area contributed by atoms with Crippen molar-refractivity contribution in [2.24, 2.45) is 0 Å². The van der Waals surface area contributed by atoms with E-state index in [1.165, 1.54) is 11.8 Å². The highest BCUT2D eigenvalue weighted by Gasteiger charge is 2.08. The highest BCUT2D eigenvalue weighted by Crippen LogP contribution is 2.13. The summed E-state index contributed by atoms with van der Waals surface area (Å²) in [5.41, 5.74) is 1.81. The molecule has 0 fully saturated rings. The number of nitrogens with zero attached hydrogens (tertiary/aromatic N) is 1. The fraction of sp³-hybridized carbons (Fsp3) is 0.111. The van der Waals surface area contributed by atoms with Crippen molar-refractivity contribution < 1.29 is 9.21 Å². The first-order valence-corrected chi connectivity index (χ1v) is 7.88. The van der Waals surface area contributed by atoms with Gasteiger partial charge >= 0.3 is 0 Å². The molecule has 0 aliphatic carbocycles. The molecular formula is C18H16ClN3O2. The molecule has 2 heterocycles. The number of anilines is 2. The maximum Gasteiger partial charge on any atom is 0.291 e. The molecule has 0 bridgehead atoms. The quantitative estimate of drug-likeness (QED) is 0.704. The van der Waals surface area contributed by atoms with Crippen LogP contribution in [0.4, 0.5) is 11.5 Å². The normalized spacial score (nSPS) is 10.4. The van der Waals surface area contributed by atoms with Crippen LogP contribution >= 0.6 is 11.6 Å². The predicted molar refractivity (Wildman–Crippen MR) is 94.5 cm³/mol. The summed E-state index contributed by atoms with van der Waals surface area (Å²) < 4.78 is 5.04. The molecule has 2 aromatic heterocycles. The van der Waals surface area contributed by atoms with Crippen molar-refractivity contribution in [3.05, 3.63) is 77.3 Å². The van der Waals surface area contributed by atoms with Crippen molar-refractivity contribution in [3.63, 3.8) is 0 Å². The first-order chi connectivity index (χ1) is 11.7. The molecule has 0 atom stereocenters. The zero-order valence-corrected chi connectivity index (χ0v) is 13.6. The standard InChI is InChI=1S/C18H16ClN3O2/c19-14-5-3-13(4-6-14)9-10-20-17-8-7-15(12-21-17)22-18(23)16-2-1-11-24-16/h1-8,11-12H,9-10H2,(H,20,21)(H,22,23). The van der Waals surface area contributed by atoms with E-state index in [9.17, 15) is 4.79 Å². The van der Waals surface area contributed by atoms with E-state index in [1.54, 1.807) is 24.4 Å². The SMILES string of the molecule is O=C(Nc1ccc(NCCc2ccc(Cl)cc2)nc1)c1ccco1. The van der Waals surface area contributed by atoms with Crippen LogP contribution in [0.25, 0.3) is 0 Å². The second kappa shape index (κ2) is 7.66. The number of aromatic nitrogens is 1. The molecule has 1 aromatic carbocycles. The zero-order valence-electron chi connectivity index (χ0n) is 12.8. The number of rotatable bonds is 6. The first kappa shape index (κ1) is 16.1. The van der Waals surface area contributed by atoms with Gasteiger partial charge in [-0.05, 0) is 48.4 Å². The van der Waals surface area contributed by atoms with E-state index in [4.69, 9.17) is 16.0 Å². The van der Waals surface area contributed by atoms with E-state index in [2.05, 4.69) is 15.6 Å². The lowest BCUT2D eigenvalue weighted by Crippen LogP contribution is -2.11. The maximum absolute atomic E-state index is 11.9. The number of hydrogen-bond donors (Lipinski definition) is 2. The molecule has 0 saturated carbocycles. The lowest BCUT2D eigenvalue weighted by Gasteiger charge is -2.07. The summed E-state index contributed by atoms with van der Waals surface area (Å²) in [6, 6.07) is 14.7. The number of benzene rings is 1. The molecule has 3 aromatic rings. The molecule has 0 aliphatic rings. The van der Waals surface area contributed by atoms with Gasteiger partial charge in [0.05, 0.1) is 18.1 Å². The average molecular weight is 342 g/mol. The molecule has 24 heavy (non-hydrogen) atoms. The summed E-state index contributed by atoms with van der Waals surface area (Å²) in [4.78, 5) is 16.1. The average Bonchev–Trinajstić information content (AvgIpc) is 3.13. The van der Waals surface area contributed by atoms with E-state index >= 15 is 0 Å². The molecule has 0 aliphatic heterocycles. The molecule has 0 saturated heterocycles. The highest BCUT2D eigenvalue weighted by atomic mass is 35.5. The molecule has 1 amide bonds. The van der Waals surface area contributed by atoms with Crippen LogP contribution in [0.3, 0.4) is 0 Å². The molecule has 0 radical (unpaired) electrons. The van der Waals surface area contributed by atoms with Gasteiger partial charge in [-0.1, -0.05) is 23.7 Å². The number of hydrogen-bond acceptors (Lipinski definition) is 4. The van der Waals surface area contributed by atoms with Gasteiger partial charge in [0.25, 0.3) is 5.91 Å². The summed E-state index contributed by atoms with van der Waals surface area (Å²) in [5.74, 6) is 0.713. The van der Waals surface area contributed by atoms with Crippen LogP contribution in [0, 0.1) is 0 Å². The number of pyridine rings is 1. The molecular weight excluding hydrogens is 326 g/mol. The monoisotopic (exact) mass is 341 g/mol. The maximum atomic E-state index is 11.9. The molecule has 122 valence electrons. The number of nitrogens with one attached hydrogen (secondary N) is 2. The third-order valence-electron chi connectivity index (χ3n) is 3.40. The fourth-order valence-corrected chi connectivity index (χ4v) is 2.28. The zero-order chi connectivity index (χ0) is 16.8. The number of carbonyl (C=O) groups excluding carboxylic acids is 1. The smallest absolute Gasteiger partial charge is 0.291 e. The highest BCUT2D eigenvalue weighted by molar-refractivity contribution is 6.30. The lowest BCUT2D eigenvalue weighted by atomic mass is 10.1. The van der Waals surface area contributed by atoms with Crippen LogP contribution in [0.1, 0.15) is 16.1 Å². The summed E-state index contributed by atoms with van der Waals surface area (Å²) in [6.45, 7) is 0.757. The molecule has 0 spiro atoms. The second-order valence-corrected chi connectivity index (χ2v) is 5.60. The summed E-state index contributed by atoms with van der Waals surface area (Å²) in [6.07, 6.45) is 3.93. The van der Waals surface area contributed by atoms with E-state index < -0.39 is 0 Å². The van der Waals surface area contributed by atoms with E-state index in [1.807, 2.05) is 30.3 Å².